The van der Waals surface area contributed by atoms with Crippen LogP contribution in [-0.2, 0) is 13.6 Å². The predicted octanol–water partition coefficient (Wildman–Crippen LogP) is 2.98. The molecule has 34 heavy (non-hydrogen) atoms. The van der Waals surface area contributed by atoms with Crippen LogP contribution in [0.2, 0.25) is 0 Å². The second-order valence-corrected chi connectivity index (χ2v) is 8.98. The number of likely N-dealkylation sites (tertiary alicyclic amines) is 1. The van der Waals surface area contributed by atoms with E-state index < -0.39 is 6.10 Å². The van der Waals surface area contributed by atoms with Crippen molar-refractivity contribution < 1.29 is 14.3 Å². The Kier molecular flexibility index (Phi) is 6.36. The molecule has 2 aromatic carbocycles. The minimum atomic E-state index is -0.589. The quantitative estimate of drug-likeness (QED) is 0.436. The SMILES string of the molecule is COc1ccc2nccc(C(O)CN3CCC(NCc4ccc5c(c4)oc(=O)n5C)CC3)c2c1. The first-order valence-electron chi connectivity index (χ1n) is 11.7. The van der Waals surface area contributed by atoms with E-state index in [1.54, 1.807) is 20.4 Å². The van der Waals surface area contributed by atoms with Crippen LogP contribution in [0.5, 0.6) is 5.75 Å². The van der Waals surface area contributed by atoms with E-state index in [4.69, 9.17) is 9.15 Å². The number of aromatic nitrogens is 2. The summed E-state index contributed by atoms with van der Waals surface area (Å²) in [5, 5.41) is 15.6. The van der Waals surface area contributed by atoms with Crippen molar-refractivity contribution in [3.8, 4) is 5.75 Å². The number of aliphatic hydroxyl groups excluding tert-OH is 1. The van der Waals surface area contributed by atoms with E-state index >= 15 is 0 Å². The minimum Gasteiger partial charge on any atom is -0.497 e. The van der Waals surface area contributed by atoms with Crippen LogP contribution in [0.1, 0.15) is 30.1 Å². The van der Waals surface area contributed by atoms with Gasteiger partial charge in [-0.25, -0.2) is 4.79 Å². The molecular formula is C26H30N4O4. The zero-order valence-corrected chi connectivity index (χ0v) is 19.5. The molecule has 1 saturated heterocycles. The fraction of sp³-hybridized carbons (Fsp3) is 0.385. The zero-order valence-electron chi connectivity index (χ0n) is 19.5. The molecule has 1 fully saturated rings. The lowest BCUT2D eigenvalue weighted by Crippen LogP contribution is -2.43. The molecule has 4 aromatic rings. The third kappa shape index (κ3) is 4.57. The van der Waals surface area contributed by atoms with Crippen molar-refractivity contribution in [3.05, 3.63) is 70.3 Å². The van der Waals surface area contributed by atoms with Crippen LogP contribution in [0.4, 0.5) is 0 Å². The molecule has 5 rings (SSSR count). The second kappa shape index (κ2) is 9.58. The Bertz CT molecular complexity index is 1350. The first-order valence-corrected chi connectivity index (χ1v) is 11.7. The predicted molar refractivity (Wildman–Crippen MR) is 131 cm³/mol. The number of oxazole rings is 1. The van der Waals surface area contributed by atoms with Crippen LogP contribution in [0.15, 0.2) is 57.9 Å². The van der Waals surface area contributed by atoms with Gasteiger partial charge in [0.05, 0.1) is 24.2 Å². The van der Waals surface area contributed by atoms with Gasteiger partial charge in [0.1, 0.15) is 5.75 Å². The van der Waals surface area contributed by atoms with Gasteiger partial charge in [0.15, 0.2) is 5.58 Å². The molecule has 1 aliphatic heterocycles. The highest BCUT2D eigenvalue weighted by molar-refractivity contribution is 5.83. The number of benzene rings is 2. The number of nitrogens with one attached hydrogen (secondary N) is 1. The zero-order chi connectivity index (χ0) is 23.7. The summed E-state index contributed by atoms with van der Waals surface area (Å²) in [5.74, 6) is 0.419. The molecule has 0 aliphatic carbocycles. The summed E-state index contributed by atoms with van der Waals surface area (Å²) >= 11 is 0. The summed E-state index contributed by atoms with van der Waals surface area (Å²) in [6.45, 7) is 3.17. The summed E-state index contributed by atoms with van der Waals surface area (Å²) in [6.07, 6.45) is 3.19. The standard InChI is InChI=1S/C26H30N4O4/c1-29-23-6-3-17(13-25(23)34-26(29)32)15-28-18-8-11-30(12-9-18)16-24(31)20-7-10-27-22-5-4-19(33-2)14-21(20)22/h3-7,10,13-14,18,24,28,31H,8-9,11-12,15-16H2,1-2H3. The smallest absolute Gasteiger partial charge is 0.419 e. The first-order chi connectivity index (χ1) is 16.5. The highest BCUT2D eigenvalue weighted by atomic mass is 16.5. The van der Waals surface area contributed by atoms with Gasteiger partial charge in [-0.15, -0.1) is 0 Å². The fourth-order valence-electron chi connectivity index (χ4n) is 4.78. The number of fused-ring (bicyclic) bond motifs is 2. The van der Waals surface area contributed by atoms with Crippen molar-refractivity contribution >= 4 is 22.0 Å². The Morgan fingerprint density at radius 2 is 2.03 bits per heavy atom. The highest BCUT2D eigenvalue weighted by Gasteiger charge is 2.22. The van der Waals surface area contributed by atoms with Crippen molar-refractivity contribution in [1.29, 1.82) is 0 Å². The van der Waals surface area contributed by atoms with Crippen LogP contribution < -0.4 is 15.8 Å². The summed E-state index contributed by atoms with van der Waals surface area (Å²) in [6, 6.07) is 14.0. The van der Waals surface area contributed by atoms with E-state index in [9.17, 15) is 9.90 Å². The van der Waals surface area contributed by atoms with Crippen molar-refractivity contribution in [3.63, 3.8) is 0 Å². The lowest BCUT2D eigenvalue weighted by molar-refractivity contribution is 0.0949. The number of aryl methyl sites for hydroxylation is 1. The van der Waals surface area contributed by atoms with Crippen LogP contribution in [0.25, 0.3) is 22.0 Å². The third-order valence-corrected chi connectivity index (χ3v) is 6.81. The molecule has 178 valence electrons. The Hall–Kier alpha value is -3.20. The van der Waals surface area contributed by atoms with E-state index in [1.165, 1.54) is 4.57 Å². The van der Waals surface area contributed by atoms with Crippen LogP contribution in [0.3, 0.4) is 0 Å². The largest absolute Gasteiger partial charge is 0.497 e. The first kappa shape index (κ1) is 22.6. The number of methoxy groups -OCH3 is 1. The average Bonchev–Trinajstić information content (AvgIpc) is 3.15. The Labute approximate surface area is 197 Å². The average molecular weight is 463 g/mol. The molecule has 1 aliphatic rings. The third-order valence-electron chi connectivity index (χ3n) is 6.81. The van der Waals surface area contributed by atoms with Crippen LogP contribution >= 0.6 is 0 Å². The maximum Gasteiger partial charge on any atom is 0.419 e. The number of nitrogens with zero attached hydrogens (tertiary/aromatic N) is 3. The minimum absolute atomic E-state index is 0.339. The number of piperidine rings is 1. The lowest BCUT2D eigenvalue weighted by atomic mass is 10.0. The van der Waals surface area contributed by atoms with Crippen molar-refractivity contribution in [2.24, 2.45) is 7.05 Å². The van der Waals surface area contributed by atoms with Gasteiger partial charge in [-0.3, -0.25) is 9.55 Å². The van der Waals surface area contributed by atoms with E-state index in [0.717, 1.165) is 65.8 Å². The molecule has 0 spiro atoms. The Balaban J connectivity index is 1.16. The normalized spacial score (nSPS) is 16.3. The van der Waals surface area contributed by atoms with Gasteiger partial charge in [0.2, 0.25) is 0 Å². The molecular weight excluding hydrogens is 432 g/mol. The molecule has 0 saturated carbocycles. The van der Waals surface area contributed by atoms with Crippen molar-refractivity contribution in [2.75, 3.05) is 26.7 Å². The summed E-state index contributed by atoms with van der Waals surface area (Å²) in [4.78, 5) is 18.4. The summed E-state index contributed by atoms with van der Waals surface area (Å²) < 4.78 is 12.2. The van der Waals surface area contributed by atoms with Gasteiger partial charge < -0.3 is 24.5 Å². The van der Waals surface area contributed by atoms with Gasteiger partial charge in [-0.2, -0.15) is 0 Å². The fourth-order valence-corrected chi connectivity index (χ4v) is 4.78. The van der Waals surface area contributed by atoms with Gasteiger partial charge in [-0.05, 0) is 73.5 Å². The van der Waals surface area contributed by atoms with Gasteiger partial charge in [0, 0.05) is 37.8 Å². The van der Waals surface area contributed by atoms with Crippen LogP contribution in [0, 0.1) is 0 Å². The van der Waals surface area contributed by atoms with E-state index in [2.05, 4.69) is 15.2 Å². The van der Waals surface area contributed by atoms with Gasteiger partial charge in [-0.1, -0.05) is 6.07 Å². The van der Waals surface area contributed by atoms with Crippen molar-refractivity contribution in [2.45, 2.75) is 31.5 Å². The number of rotatable bonds is 7. The number of β-amino-alcohol motifs (C(OH)–C–C–N with tert-alkyl or cyclic N) is 1. The summed E-state index contributed by atoms with van der Waals surface area (Å²) in [5.41, 5.74) is 4.26. The highest BCUT2D eigenvalue weighted by Crippen LogP contribution is 2.28. The molecule has 0 amide bonds. The van der Waals surface area contributed by atoms with Crippen molar-refractivity contribution in [1.82, 2.24) is 19.8 Å². The molecule has 0 bridgehead atoms. The molecule has 0 radical (unpaired) electrons. The molecule has 2 N–H and O–H groups in total. The Morgan fingerprint density at radius 3 is 2.82 bits per heavy atom. The Morgan fingerprint density at radius 1 is 1.21 bits per heavy atom. The van der Waals surface area contributed by atoms with E-state index in [0.29, 0.717) is 18.2 Å². The molecule has 1 atom stereocenters. The number of aliphatic hydroxyl groups is 1. The number of hydrogen-bond acceptors (Lipinski definition) is 7. The molecule has 1 unspecified atom stereocenters. The molecule has 8 heteroatoms. The van der Waals surface area contributed by atoms with Gasteiger partial charge >= 0.3 is 5.76 Å². The topological polar surface area (TPSA) is 92.8 Å². The number of pyridine rings is 1. The molecule has 3 heterocycles. The van der Waals surface area contributed by atoms with E-state index in [1.807, 2.05) is 42.5 Å². The summed E-state index contributed by atoms with van der Waals surface area (Å²) in [7, 11) is 3.36. The number of hydrogen-bond donors (Lipinski definition) is 2. The maximum atomic E-state index is 11.7. The van der Waals surface area contributed by atoms with Gasteiger partial charge in [0.25, 0.3) is 0 Å². The second-order valence-electron chi connectivity index (χ2n) is 8.98. The van der Waals surface area contributed by atoms with Crippen LogP contribution in [-0.4, -0.2) is 52.3 Å². The van der Waals surface area contributed by atoms with E-state index in [-0.39, 0.29) is 5.76 Å². The maximum absolute atomic E-state index is 11.7. The number of ether oxygens (including phenoxy) is 1. The molecule has 8 nitrogen and oxygen atoms in total. The monoisotopic (exact) mass is 462 g/mol. The molecule has 2 aromatic heterocycles. The lowest BCUT2D eigenvalue weighted by Gasteiger charge is -2.33.